The van der Waals surface area contributed by atoms with Crippen LogP contribution in [0, 0.1) is 6.92 Å². The van der Waals surface area contributed by atoms with E-state index in [4.69, 9.17) is 7.85 Å². The van der Waals surface area contributed by atoms with E-state index in [0.29, 0.717) is 5.61 Å². The van der Waals surface area contributed by atoms with Crippen LogP contribution < -0.4 is 5.30 Å². The van der Waals surface area contributed by atoms with Crippen molar-refractivity contribution >= 4 is 33.7 Å². The fourth-order valence-corrected chi connectivity index (χ4v) is 1.38. The molecule has 1 aromatic carbocycles. The van der Waals surface area contributed by atoms with Crippen molar-refractivity contribution in [1.82, 2.24) is 0 Å². The van der Waals surface area contributed by atoms with Gasteiger partial charge in [0.25, 0.3) is 0 Å². The molecule has 0 aromatic heterocycles. The number of hydrogen-bond donors (Lipinski definition) is 0. The van der Waals surface area contributed by atoms with Gasteiger partial charge in [-0.15, -0.1) is 9.24 Å². The zero-order valence-corrected chi connectivity index (χ0v) is 9.20. The van der Waals surface area contributed by atoms with Crippen LogP contribution in [-0.4, -0.2) is 13.5 Å². The van der Waals surface area contributed by atoms with E-state index in [-0.39, 0.29) is 0 Å². The molecule has 0 aliphatic rings. The molecule has 1 unspecified atom stereocenters. The first-order valence-corrected chi connectivity index (χ1v) is 4.90. The Morgan fingerprint density at radius 2 is 2.23 bits per heavy atom. The van der Waals surface area contributed by atoms with Gasteiger partial charge in [-0.25, -0.2) is 0 Å². The Kier molecular flexibility index (Phi) is 3.68. The zero-order valence-electron chi connectivity index (χ0n) is 8.04. The third-order valence-electron chi connectivity index (χ3n) is 1.85. The van der Waals surface area contributed by atoms with Crippen molar-refractivity contribution in [3.63, 3.8) is 0 Å². The Labute approximate surface area is 83.3 Å². The van der Waals surface area contributed by atoms with E-state index < -0.39 is 0 Å². The molecule has 66 valence electrons. The summed E-state index contributed by atoms with van der Waals surface area (Å²) >= 11 is 0. The summed E-state index contributed by atoms with van der Waals surface area (Å²) in [6.45, 7) is 4.04. The molecule has 0 saturated heterocycles. The number of nitrogens with zero attached hydrogens (tertiary/aromatic N) is 1. The van der Waals surface area contributed by atoms with Crippen molar-refractivity contribution in [2.75, 3.05) is 0 Å². The van der Waals surface area contributed by atoms with Crippen LogP contribution in [0.1, 0.15) is 18.9 Å². The molecule has 0 heterocycles. The van der Waals surface area contributed by atoms with Crippen molar-refractivity contribution in [3.05, 3.63) is 23.8 Å². The maximum Gasteiger partial charge on any atom is 0.135 e. The molecule has 1 atom stereocenters. The summed E-state index contributed by atoms with van der Waals surface area (Å²) in [7, 11) is 8.32. The van der Waals surface area contributed by atoms with Gasteiger partial charge in [0.15, 0.2) is 0 Å². The van der Waals surface area contributed by atoms with Crippen LogP contribution in [-0.2, 0) is 0 Å². The Morgan fingerprint density at radius 3 is 2.77 bits per heavy atom. The molecule has 1 rings (SSSR count). The van der Waals surface area contributed by atoms with Crippen molar-refractivity contribution in [3.8, 4) is 0 Å². The van der Waals surface area contributed by atoms with Gasteiger partial charge in [0, 0.05) is 0 Å². The van der Waals surface area contributed by atoms with Crippen LogP contribution in [0.4, 0.5) is 5.69 Å². The predicted molar refractivity (Wildman–Crippen MR) is 63.7 cm³/mol. The molecular formula is C10H13BNP. The van der Waals surface area contributed by atoms with Crippen LogP contribution in [0.5, 0.6) is 0 Å². The number of hydrogen-bond acceptors (Lipinski definition) is 1. The molecule has 0 aliphatic heterocycles. The molecule has 0 amide bonds. The van der Waals surface area contributed by atoms with Crippen molar-refractivity contribution in [2.45, 2.75) is 20.3 Å². The SMILES string of the molecule is [B]C(CC)=Nc1ccc(P)cc1C. The van der Waals surface area contributed by atoms with Gasteiger partial charge < -0.3 is 0 Å². The molecular weight excluding hydrogens is 176 g/mol. The normalized spacial score (nSPS) is 11.8. The van der Waals surface area contributed by atoms with Gasteiger partial charge in [0.2, 0.25) is 0 Å². The molecule has 13 heavy (non-hydrogen) atoms. The molecule has 0 spiro atoms. The summed E-state index contributed by atoms with van der Waals surface area (Å²) in [6, 6.07) is 6.08. The first-order valence-electron chi connectivity index (χ1n) is 4.32. The predicted octanol–water partition coefficient (Wildman–Crippen LogP) is 2.10. The minimum Gasteiger partial charge on any atom is -0.269 e. The summed E-state index contributed by atoms with van der Waals surface area (Å²) in [6.07, 6.45) is 0.794. The second-order valence-corrected chi connectivity index (χ2v) is 3.67. The second-order valence-electron chi connectivity index (χ2n) is 3.00. The lowest BCUT2D eigenvalue weighted by atomic mass is 9.98. The number of aryl methyl sites for hydroxylation is 1. The lowest BCUT2D eigenvalue weighted by Crippen LogP contribution is -1.95. The summed E-state index contributed by atoms with van der Waals surface area (Å²) in [4.78, 5) is 4.30. The molecule has 1 aromatic rings. The van der Waals surface area contributed by atoms with E-state index in [9.17, 15) is 0 Å². The Morgan fingerprint density at radius 1 is 1.54 bits per heavy atom. The maximum absolute atomic E-state index is 5.66. The molecule has 0 N–H and O–H groups in total. The Hall–Kier alpha value is -0.615. The molecule has 0 fully saturated rings. The topological polar surface area (TPSA) is 12.4 Å². The third kappa shape index (κ3) is 2.97. The Balaban J connectivity index is 3.03. The van der Waals surface area contributed by atoms with Crippen LogP contribution in [0.25, 0.3) is 0 Å². The van der Waals surface area contributed by atoms with Gasteiger partial charge in [-0.05, 0) is 42.0 Å². The van der Waals surface area contributed by atoms with Crippen LogP contribution in [0.3, 0.4) is 0 Å². The number of aliphatic imine (C=N–C) groups is 1. The maximum atomic E-state index is 5.66. The fraction of sp³-hybridized carbons (Fsp3) is 0.300. The van der Waals surface area contributed by atoms with E-state index in [2.05, 4.69) is 20.3 Å². The third-order valence-corrected chi connectivity index (χ3v) is 2.21. The van der Waals surface area contributed by atoms with Crippen molar-refractivity contribution < 1.29 is 0 Å². The van der Waals surface area contributed by atoms with E-state index in [1.807, 2.05) is 26.0 Å². The summed E-state index contributed by atoms with van der Waals surface area (Å²) in [5, 5.41) is 1.17. The second kappa shape index (κ2) is 4.57. The van der Waals surface area contributed by atoms with Crippen molar-refractivity contribution in [1.29, 1.82) is 0 Å². The number of benzene rings is 1. The van der Waals surface area contributed by atoms with E-state index >= 15 is 0 Å². The lowest BCUT2D eigenvalue weighted by Gasteiger charge is -2.02. The highest BCUT2D eigenvalue weighted by Crippen LogP contribution is 2.17. The average Bonchev–Trinajstić information content (AvgIpc) is 2.09. The van der Waals surface area contributed by atoms with Crippen LogP contribution in [0.2, 0.25) is 0 Å². The van der Waals surface area contributed by atoms with Gasteiger partial charge >= 0.3 is 0 Å². The monoisotopic (exact) mass is 189 g/mol. The van der Waals surface area contributed by atoms with Crippen molar-refractivity contribution in [2.24, 2.45) is 4.99 Å². The van der Waals surface area contributed by atoms with Gasteiger partial charge in [-0.3, -0.25) is 4.99 Å². The van der Waals surface area contributed by atoms with E-state index in [1.165, 1.54) is 5.30 Å². The first kappa shape index (κ1) is 10.5. The quantitative estimate of drug-likeness (QED) is 0.383. The largest absolute Gasteiger partial charge is 0.269 e. The van der Waals surface area contributed by atoms with Gasteiger partial charge in [0.05, 0.1) is 5.69 Å². The zero-order chi connectivity index (χ0) is 9.84. The first-order chi connectivity index (χ1) is 6.13. The molecule has 3 heteroatoms. The highest BCUT2D eigenvalue weighted by atomic mass is 31.0. The van der Waals surface area contributed by atoms with Gasteiger partial charge in [-0.2, -0.15) is 0 Å². The molecule has 1 nitrogen and oxygen atoms in total. The standard InChI is InChI=1S/C10H13BNP/c1-3-10(11)12-9-5-4-8(13)6-7(9)2/h4-6H,3,13H2,1-2H3. The van der Waals surface area contributed by atoms with E-state index in [1.54, 1.807) is 0 Å². The Bertz CT molecular complexity index is 334. The summed E-state index contributed by atoms with van der Waals surface area (Å²) in [5.74, 6) is 0. The summed E-state index contributed by atoms with van der Waals surface area (Å²) in [5.41, 5.74) is 2.80. The molecule has 0 saturated carbocycles. The van der Waals surface area contributed by atoms with Gasteiger partial charge in [-0.1, -0.05) is 13.0 Å². The highest BCUT2D eigenvalue weighted by molar-refractivity contribution is 7.27. The van der Waals surface area contributed by atoms with E-state index in [0.717, 1.165) is 17.7 Å². The van der Waals surface area contributed by atoms with Gasteiger partial charge in [0.1, 0.15) is 7.85 Å². The molecule has 0 aliphatic carbocycles. The average molecular weight is 189 g/mol. The minimum atomic E-state index is 0.680. The summed E-state index contributed by atoms with van der Waals surface area (Å²) < 4.78 is 0. The van der Waals surface area contributed by atoms with Crippen LogP contribution in [0.15, 0.2) is 23.2 Å². The highest BCUT2D eigenvalue weighted by Gasteiger charge is 1.96. The molecule has 0 bridgehead atoms. The fourth-order valence-electron chi connectivity index (χ4n) is 1.04. The number of rotatable bonds is 2. The minimum absolute atomic E-state index is 0.680. The molecule has 2 radical (unpaired) electrons. The smallest absolute Gasteiger partial charge is 0.135 e. The van der Waals surface area contributed by atoms with Crippen LogP contribution >= 0.6 is 9.24 Å². The lowest BCUT2D eigenvalue weighted by molar-refractivity contribution is 1.29.